The highest BCUT2D eigenvalue weighted by Gasteiger charge is 2.13. The molecule has 1 heterocycles. The van der Waals surface area contributed by atoms with Gasteiger partial charge in [0.2, 0.25) is 0 Å². The van der Waals surface area contributed by atoms with Crippen molar-refractivity contribution in [2.45, 2.75) is 32.9 Å². The van der Waals surface area contributed by atoms with Crippen LogP contribution in [0.25, 0.3) is 10.6 Å². The number of benzene rings is 1. The Kier molecular flexibility index (Phi) is 4.46. The van der Waals surface area contributed by atoms with Crippen LogP contribution in [0.2, 0.25) is 10.0 Å². The van der Waals surface area contributed by atoms with Crippen LogP contribution in [0.3, 0.4) is 0 Å². The van der Waals surface area contributed by atoms with E-state index < -0.39 is 0 Å². The van der Waals surface area contributed by atoms with Crippen LogP contribution in [0, 0.1) is 0 Å². The molecule has 0 atom stereocenters. The van der Waals surface area contributed by atoms with Crippen molar-refractivity contribution in [3.05, 3.63) is 33.3 Å². The van der Waals surface area contributed by atoms with Gasteiger partial charge in [0.05, 0.1) is 11.6 Å². The Morgan fingerprint density at radius 3 is 2.63 bits per heavy atom. The summed E-state index contributed by atoms with van der Waals surface area (Å²) in [6.45, 7) is 7.04. The van der Waals surface area contributed by atoms with Gasteiger partial charge in [0.15, 0.2) is 0 Å². The SMILES string of the molecule is CC(C)(C)NCc1nnc(-c2cc(Cl)ccc2Cl)s1. The molecule has 0 saturated carbocycles. The Morgan fingerprint density at radius 2 is 1.95 bits per heavy atom. The molecule has 6 heteroatoms. The molecule has 3 nitrogen and oxygen atoms in total. The molecule has 0 saturated heterocycles. The van der Waals surface area contributed by atoms with Crippen LogP contribution < -0.4 is 5.32 Å². The third-order valence-electron chi connectivity index (χ3n) is 2.40. The molecule has 0 unspecified atom stereocenters. The molecule has 0 radical (unpaired) electrons. The Hall–Kier alpha value is -0.680. The van der Waals surface area contributed by atoms with Crippen molar-refractivity contribution in [2.24, 2.45) is 0 Å². The first kappa shape index (κ1) is 14.7. The van der Waals surface area contributed by atoms with Crippen molar-refractivity contribution in [3.8, 4) is 10.6 Å². The molecule has 1 N–H and O–H groups in total. The molecule has 0 aliphatic heterocycles. The number of hydrogen-bond donors (Lipinski definition) is 1. The molecule has 2 rings (SSSR count). The number of nitrogens with zero attached hydrogens (tertiary/aromatic N) is 2. The quantitative estimate of drug-likeness (QED) is 0.912. The van der Waals surface area contributed by atoms with E-state index in [9.17, 15) is 0 Å². The monoisotopic (exact) mass is 315 g/mol. The second-order valence-electron chi connectivity index (χ2n) is 5.23. The lowest BCUT2D eigenvalue weighted by molar-refractivity contribution is 0.423. The lowest BCUT2D eigenvalue weighted by Gasteiger charge is -2.19. The summed E-state index contributed by atoms with van der Waals surface area (Å²) < 4.78 is 0. The molecule has 0 aliphatic rings. The average molecular weight is 316 g/mol. The third kappa shape index (κ3) is 4.14. The first-order chi connectivity index (χ1) is 8.85. The fourth-order valence-electron chi connectivity index (χ4n) is 1.44. The standard InChI is InChI=1S/C13H15Cl2N3S/c1-13(2,3)16-7-11-17-18-12(19-11)9-6-8(14)4-5-10(9)15/h4-6,16H,7H2,1-3H3. The molecular formula is C13H15Cl2N3S. The van der Waals surface area contributed by atoms with Gasteiger partial charge >= 0.3 is 0 Å². The maximum Gasteiger partial charge on any atom is 0.149 e. The van der Waals surface area contributed by atoms with Gasteiger partial charge in [-0.15, -0.1) is 10.2 Å². The number of nitrogens with one attached hydrogen (secondary N) is 1. The second-order valence-corrected chi connectivity index (χ2v) is 7.13. The Bertz CT molecular complexity index is 576. The van der Waals surface area contributed by atoms with E-state index in [-0.39, 0.29) is 5.54 Å². The number of halogens is 2. The van der Waals surface area contributed by atoms with Crippen LogP contribution in [-0.2, 0) is 6.54 Å². The van der Waals surface area contributed by atoms with Crippen LogP contribution in [0.4, 0.5) is 0 Å². The maximum atomic E-state index is 6.15. The molecule has 0 fully saturated rings. The van der Waals surface area contributed by atoms with E-state index in [0.717, 1.165) is 15.6 Å². The zero-order valence-corrected chi connectivity index (χ0v) is 13.3. The van der Waals surface area contributed by atoms with Crippen molar-refractivity contribution in [1.82, 2.24) is 15.5 Å². The normalized spacial score (nSPS) is 11.8. The van der Waals surface area contributed by atoms with E-state index in [2.05, 4.69) is 36.3 Å². The molecule has 1 aromatic heterocycles. The summed E-state index contributed by atoms with van der Waals surface area (Å²) in [6, 6.07) is 5.34. The summed E-state index contributed by atoms with van der Waals surface area (Å²) in [4.78, 5) is 0. The highest BCUT2D eigenvalue weighted by atomic mass is 35.5. The minimum Gasteiger partial charge on any atom is -0.306 e. The van der Waals surface area contributed by atoms with Gasteiger partial charge in [-0.2, -0.15) is 0 Å². The molecule has 0 bridgehead atoms. The predicted molar refractivity (Wildman–Crippen MR) is 82.0 cm³/mol. The van der Waals surface area contributed by atoms with Gasteiger partial charge in [-0.1, -0.05) is 34.5 Å². The molecule has 102 valence electrons. The molecule has 1 aromatic carbocycles. The molecule has 0 spiro atoms. The molecule has 0 aliphatic carbocycles. The van der Waals surface area contributed by atoms with Crippen LogP contribution in [0.5, 0.6) is 0 Å². The van der Waals surface area contributed by atoms with Crippen molar-refractivity contribution < 1.29 is 0 Å². The van der Waals surface area contributed by atoms with E-state index in [1.807, 2.05) is 6.07 Å². The smallest absolute Gasteiger partial charge is 0.149 e. The minimum absolute atomic E-state index is 0.0551. The largest absolute Gasteiger partial charge is 0.306 e. The minimum atomic E-state index is 0.0551. The topological polar surface area (TPSA) is 37.8 Å². The number of aromatic nitrogens is 2. The van der Waals surface area contributed by atoms with E-state index in [1.54, 1.807) is 12.1 Å². The lowest BCUT2D eigenvalue weighted by Crippen LogP contribution is -2.35. The van der Waals surface area contributed by atoms with Gasteiger partial charge in [-0.25, -0.2) is 0 Å². The van der Waals surface area contributed by atoms with Crippen molar-refractivity contribution in [1.29, 1.82) is 0 Å². The van der Waals surface area contributed by atoms with E-state index in [1.165, 1.54) is 11.3 Å². The maximum absolute atomic E-state index is 6.15. The fourth-order valence-corrected chi connectivity index (χ4v) is 2.68. The van der Waals surface area contributed by atoms with Crippen molar-refractivity contribution >= 4 is 34.5 Å². The van der Waals surface area contributed by atoms with Crippen LogP contribution >= 0.6 is 34.5 Å². The van der Waals surface area contributed by atoms with Gasteiger partial charge in [0.1, 0.15) is 10.0 Å². The summed E-state index contributed by atoms with van der Waals surface area (Å²) in [5.41, 5.74) is 0.883. The number of rotatable bonds is 3. The fraction of sp³-hybridized carbons (Fsp3) is 0.385. The lowest BCUT2D eigenvalue weighted by atomic mass is 10.1. The van der Waals surface area contributed by atoms with Gasteiger partial charge < -0.3 is 5.32 Å². The van der Waals surface area contributed by atoms with E-state index >= 15 is 0 Å². The van der Waals surface area contributed by atoms with Gasteiger partial charge in [-0.05, 0) is 39.0 Å². The summed E-state index contributed by atoms with van der Waals surface area (Å²) in [5.74, 6) is 0. The third-order valence-corrected chi connectivity index (χ3v) is 3.92. The molecule has 19 heavy (non-hydrogen) atoms. The Labute approximate surface area is 127 Å². The van der Waals surface area contributed by atoms with Crippen molar-refractivity contribution in [2.75, 3.05) is 0 Å². The zero-order chi connectivity index (χ0) is 14.0. The summed E-state index contributed by atoms with van der Waals surface area (Å²) in [6.07, 6.45) is 0. The van der Waals surface area contributed by atoms with Gasteiger partial charge in [0.25, 0.3) is 0 Å². The van der Waals surface area contributed by atoms with E-state index in [4.69, 9.17) is 23.2 Å². The Balaban J connectivity index is 2.19. The predicted octanol–water partition coefficient (Wildman–Crippen LogP) is 4.40. The van der Waals surface area contributed by atoms with Gasteiger partial charge in [-0.3, -0.25) is 0 Å². The summed E-state index contributed by atoms with van der Waals surface area (Å²) in [7, 11) is 0. The first-order valence-corrected chi connectivity index (χ1v) is 7.45. The highest BCUT2D eigenvalue weighted by Crippen LogP contribution is 2.32. The second kappa shape index (κ2) is 5.75. The summed E-state index contributed by atoms with van der Waals surface area (Å²) >= 11 is 13.7. The van der Waals surface area contributed by atoms with Crippen molar-refractivity contribution in [3.63, 3.8) is 0 Å². The Morgan fingerprint density at radius 1 is 1.21 bits per heavy atom. The van der Waals surface area contributed by atoms with Crippen LogP contribution in [0.15, 0.2) is 18.2 Å². The first-order valence-electron chi connectivity index (χ1n) is 5.88. The summed E-state index contributed by atoms with van der Waals surface area (Å²) in [5, 5.41) is 14.7. The van der Waals surface area contributed by atoms with E-state index in [0.29, 0.717) is 16.6 Å². The molecule has 0 amide bonds. The van der Waals surface area contributed by atoms with Crippen LogP contribution in [0.1, 0.15) is 25.8 Å². The number of hydrogen-bond acceptors (Lipinski definition) is 4. The van der Waals surface area contributed by atoms with Crippen LogP contribution in [-0.4, -0.2) is 15.7 Å². The van der Waals surface area contributed by atoms with Gasteiger partial charge in [0, 0.05) is 16.1 Å². The molecule has 2 aromatic rings. The zero-order valence-electron chi connectivity index (χ0n) is 11.0. The highest BCUT2D eigenvalue weighted by molar-refractivity contribution is 7.14. The molecular weight excluding hydrogens is 301 g/mol. The average Bonchev–Trinajstić information content (AvgIpc) is 2.77.